The van der Waals surface area contributed by atoms with Crippen LogP contribution < -0.4 is 0 Å². The molecule has 0 aliphatic rings. The molecule has 186 valence electrons. The van der Waals surface area contributed by atoms with E-state index in [0.29, 0.717) is 22.3 Å². The number of thiocarbonyl (C=S) groups is 4. The molecule has 0 fully saturated rings. The van der Waals surface area contributed by atoms with Gasteiger partial charge in [0.05, 0.1) is 0 Å². The predicted octanol–water partition coefficient (Wildman–Crippen LogP) is 7.03. The van der Waals surface area contributed by atoms with E-state index in [1.807, 2.05) is 72.8 Å². The third kappa shape index (κ3) is 16.0. The molecule has 0 bridgehead atoms. The Morgan fingerprint density at radius 3 is 0.541 bits per heavy atom. The second-order valence-electron chi connectivity index (χ2n) is 6.68. The molecular formula is C28H25NaO4S4. The molecule has 4 rings (SSSR count). The molecule has 0 saturated heterocycles. The summed E-state index contributed by atoms with van der Waals surface area (Å²) in [7, 11) is 0. The van der Waals surface area contributed by atoms with Crippen molar-refractivity contribution in [1.82, 2.24) is 0 Å². The second-order valence-corrected chi connectivity index (χ2v) is 8.23. The molecule has 0 radical (unpaired) electrons. The van der Waals surface area contributed by atoms with E-state index < -0.39 is 0 Å². The maximum atomic E-state index is 8.76. The summed E-state index contributed by atoms with van der Waals surface area (Å²) >= 11 is 18.1. The number of hydrogen-bond acceptors (Lipinski definition) is 4. The third-order valence-electron chi connectivity index (χ3n) is 4.08. The third-order valence-corrected chi connectivity index (χ3v) is 5.03. The minimum absolute atomic E-state index is 0. The van der Waals surface area contributed by atoms with Crippen LogP contribution in [0.15, 0.2) is 121 Å². The van der Waals surface area contributed by atoms with Crippen LogP contribution in [0.3, 0.4) is 0 Å². The van der Waals surface area contributed by atoms with Crippen molar-refractivity contribution in [3.05, 3.63) is 144 Å². The fraction of sp³-hybridized carbons (Fsp3) is 0. The van der Waals surface area contributed by atoms with E-state index in [1.54, 1.807) is 48.5 Å². The Labute approximate surface area is 260 Å². The Hall–Kier alpha value is -2.56. The summed E-state index contributed by atoms with van der Waals surface area (Å²) < 4.78 is 0. The van der Waals surface area contributed by atoms with Crippen LogP contribution >= 0.6 is 48.9 Å². The summed E-state index contributed by atoms with van der Waals surface area (Å²) in [6.45, 7) is 0. The summed E-state index contributed by atoms with van der Waals surface area (Å²) in [4.78, 5) is 0. The first-order chi connectivity index (χ1) is 17.2. The minimum atomic E-state index is -0.0457. The zero-order valence-electron chi connectivity index (χ0n) is 19.0. The number of aliphatic hydroxyl groups is 4. The standard InChI is InChI=1S/4C7H6OS.Na.H/c4*8-7(9)6-4-2-1-3-5-6;;/h4*1-5H,(H,8,9);;. The van der Waals surface area contributed by atoms with Crippen molar-refractivity contribution in [2.24, 2.45) is 0 Å². The predicted molar refractivity (Wildman–Crippen MR) is 170 cm³/mol. The normalized spacial score (nSPS) is 8.65. The van der Waals surface area contributed by atoms with Crippen LogP contribution in [0.25, 0.3) is 0 Å². The van der Waals surface area contributed by atoms with E-state index in [2.05, 4.69) is 48.9 Å². The van der Waals surface area contributed by atoms with Gasteiger partial charge in [-0.15, -0.1) is 0 Å². The van der Waals surface area contributed by atoms with Crippen LogP contribution in [0.4, 0.5) is 0 Å². The van der Waals surface area contributed by atoms with E-state index in [-0.39, 0.29) is 49.8 Å². The zero-order chi connectivity index (χ0) is 26.8. The SMILES string of the molecule is OC(=S)c1ccccc1.OC(=S)c1ccccc1.OC(=S)c1ccccc1.OC(=S)c1ccccc1.[NaH]. The van der Waals surface area contributed by atoms with Crippen molar-refractivity contribution < 1.29 is 20.4 Å². The molecule has 0 aromatic heterocycles. The average molecular weight is 577 g/mol. The quantitative estimate of drug-likeness (QED) is 0.152. The molecular weight excluding hydrogens is 552 g/mol. The molecule has 0 atom stereocenters. The Kier molecular flexibility index (Phi) is 19.1. The number of aliphatic hydroxyl groups excluding tert-OH is 4. The fourth-order valence-electron chi connectivity index (χ4n) is 2.32. The van der Waals surface area contributed by atoms with Crippen LogP contribution in [0.5, 0.6) is 0 Å². The van der Waals surface area contributed by atoms with Crippen LogP contribution in [0.2, 0.25) is 0 Å². The number of benzene rings is 4. The van der Waals surface area contributed by atoms with Gasteiger partial charge in [-0.3, -0.25) is 0 Å². The molecule has 0 amide bonds. The molecule has 0 aliphatic heterocycles. The Bertz CT molecular complexity index is 1030. The molecule has 4 aromatic carbocycles. The topological polar surface area (TPSA) is 80.9 Å². The summed E-state index contributed by atoms with van der Waals surface area (Å²) in [6, 6.07) is 36.3. The van der Waals surface area contributed by atoms with Gasteiger partial charge in [0.25, 0.3) is 0 Å². The molecule has 0 saturated carbocycles. The maximum absolute atomic E-state index is 8.76. The van der Waals surface area contributed by atoms with E-state index in [9.17, 15) is 0 Å². The molecule has 0 spiro atoms. The first-order valence-corrected chi connectivity index (χ1v) is 12.0. The van der Waals surface area contributed by atoms with Gasteiger partial charge in [-0.2, -0.15) is 0 Å². The van der Waals surface area contributed by atoms with Gasteiger partial charge < -0.3 is 20.4 Å². The Morgan fingerprint density at radius 2 is 0.459 bits per heavy atom. The van der Waals surface area contributed by atoms with Crippen molar-refractivity contribution in [3.8, 4) is 0 Å². The molecule has 37 heavy (non-hydrogen) atoms. The fourth-order valence-corrected chi connectivity index (χ4v) is 2.87. The summed E-state index contributed by atoms with van der Waals surface area (Å²) in [5, 5.41) is 34.8. The van der Waals surface area contributed by atoms with Gasteiger partial charge in [0.1, 0.15) is 0 Å². The number of rotatable bonds is 4. The van der Waals surface area contributed by atoms with E-state index >= 15 is 0 Å². The van der Waals surface area contributed by atoms with E-state index in [4.69, 9.17) is 20.4 Å². The van der Waals surface area contributed by atoms with Gasteiger partial charge in [-0.25, -0.2) is 0 Å². The van der Waals surface area contributed by atoms with Gasteiger partial charge in [-0.05, 0) is 48.9 Å². The zero-order valence-corrected chi connectivity index (χ0v) is 22.2. The van der Waals surface area contributed by atoms with Crippen LogP contribution in [-0.2, 0) is 0 Å². The van der Waals surface area contributed by atoms with Crippen molar-refractivity contribution in [1.29, 1.82) is 0 Å². The van der Waals surface area contributed by atoms with Crippen molar-refractivity contribution in [2.45, 2.75) is 0 Å². The van der Waals surface area contributed by atoms with Crippen molar-refractivity contribution in [3.63, 3.8) is 0 Å². The molecule has 4 aromatic rings. The van der Waals surface area contributed by atoms with E-state index in [1.165, 1.54) is 0 Å². The monoisotopic (exact) mass is 576 g/mol. The van der Waals surface area contributed by atoms with Crippen molar-refractivity contribution in [2.75, 3.05) is 0 Å². The van der Waals surface area contributed by atoms with Gasteiger partial charge in [0, 0.05) is 22.3 Å². The van der Waals surface area contributed by atoms with Crippen LogP contribution in [-0.4, -0.2) is 70.2 Å². The first-order valence-electron chi connectivity index (χ1n) is 10.4. The summed E-state index contributed by atoms with van der Waals surface area (Å²) in [5.74, 6) is 0. The van der Waals surface area contributed by atoms with E-state index in [0.717, 1.165) is 0 Å². The molecule has 0 heterocycles. The Morgan fingerprint density at radius 1 is 0.324 bits per heavy atom. The molecule has 0 aliphatic carbocycles. The Balaban J connectivity index is 0.000000463. The average Bonchev–Trinajstić information content (AvgIpc) is 2.92. The van der Waals surface area contributed by atoms with Gasteiger partial charge in [0.15, 0.2) is 20.2 Å². The van der Waals surface area contributed by atoms with Gasteiger partial charge in [-0.1, -0.05) is 121 Å². The summed E-state index contributed by atoms with van der Waals surface area (Å²) in [5.41, 5.74) is 2.81. The second kappa shape index (κ2) is 20.5. The van der Waals surface area contributed by atoms with Gasteiger partial charge in [0.2, 0.25) is 0 Å². The first kappa shape index (κ1) is 34.4. The molecule has 0 unspecified atom stereocenters. The van der Waals surface area contributed by atoms with Crippen molar-refractivity contribution >= 4 is 98.6 Å². The number of hydrogen-bond donors (Lipinski definition) is 4. The summed E-state index contributed by atoms with van der Waals surface area (Å²) in [6.07, 6.45) is 0. The molecule has 4 N–H and O–H groups in total. The van der Waals surface area contributed by atoms with Crippen LogP contribution in [0, 0.1) is 0 Å². The molecule has 9 heteroatoms. The van der Waals surface area contributed by atoms with Crippen LogP contribution in [0.1, 0.15) is 22.3 Å². The molecule has 4 nitrogen and oxygen atoms in total. The van der Waals surface area contributed by atoms with Gasteiger partial charge >= 0.3 is 29.6 Å².